The molecule has 18 heavy (non-hydrogen) atoms. The lowest BCUT2D eigenvalue weighted by Gasteiger charge is -2.35. The summed E-state index contributed by atoms with van der Waals surface area (Å²) in [7, 11) is 0. The molecule has 0 atom stereocenters. The molecule has 0 aromatic carbocycles. The van der Waals surface area contributed by atoms with Gasteiger partial charge in [-0.25, -0.2) is 4.98 Å². The lowest BCUT2D eigenvalue weighted by atomic mass is 10.2. The standard InChI is InChI=1S/C13H17ClN4/c1-2-3-17-4-6-18(7-5-17)13-9-11(10-15)8-12(14)16-13/h8-9H,2-7H2,1H3. The van der Waals surface area contributed by atoms with Crippen LogP contribution in [0.1, 0.15) is 18.9 Å². The number of halogens is 1. The van der Waals surface area contributed by atoms with Crippen LogP contribution in [-0.2, 0) is 0 Å². The Morgan fingerprint density at radius 2 is 2.06 bits per heavy atom. The maximum Gasteiger partial charge on any atom is 0.132 e. The number of hydrogen-bond donors (Lipinski definition) is 0. The molecule has 0 unspecified atom stereocenters. The van der Waals surface area contributed by atoms with Crippen LogP contribution in [0.2, 0.25) is 5.15 Å². The third-order valence-electron chi connectivity index (χ3n) is 3.15. The highest BCUT2D eigenvalue weighted by Crippen LogP contribution is 2.19. The summed E-state index contributed by atoms with van der Waals surface area (Å²) in [6, 6.07) is 5.52. The lowest BCUT2D eigenvalue weighted by molar-refractivity contribution is 0.258. The number of nitriles is 1. The second-order valence-electron chi connectivity index (χ2n) is 4.48. The highest BCUT2D eigenvalue weighted by molar-refractivity contribution is 6.29. The van der Waals surface area contributed by atoms with Crippen LogP contribution < -0.4 is 4.90 Å². The molecule has 1 aliphatic heterocycles. The van der Waals surface area contributed by atoms with Crippen LogP contribution in [0, 0.1) is 11.3 Å². The minimum absolute atomic E-state index is 0.389. The van der Waals surface area contributed by atoms with Gasteiger partial charge in [-0.1, -0.05) is 18.5 Å². The Hall–Kier alpha value is -1.31. The largest absolute Gasteiger partial charge is 0.354 e. The van der Waals surface area contributed by atoms with Gasteiger partial charge in [0, 0.05) is 26.2 Å². The Bertz CT molecular complexity index is 447. The zero-order chi connectivity index (χ0) is 13.0. The molecule has 2 rings (SSSR count). The van der Waals surface area contributed by atoms with Crippen molar-refractivity contribution < 1.29 is 0 Å². The summed E-state index contributed by atoms with van der Waals surface area (Å²) < 4.78 is 0. The molecule has 0 spiro atoms. The quantitative estimate of drug-likeness (QED) is 0.785. The molecular formula is C13H17ClN4. The molecule has 0 radical (unpaired) electrons. The first-order valence-electron chi connectivity index (χ1n) is 6.28. The van der Waals surface area contributed by atoms with Gasteiger partial charge in [0.25, 0.3) is 0 Å². The third kappa shape index (κ3) is 3.12. The van der Waals surface area contributed by atoms with Crippen molar-refractivity contribution in [2.45, 2.75) is 13.3 Å². The number of piperazine rings is 1. The molecule has 96 valence electrons. The van der Waals surface area contributed by atoms with E-state index in [2.05, 4.69) is 27.8 Å². The maximum absolute atomic E-state index is 8.93. The third-order valence-corrected chi connectivity index (χ3v) is 3.34. The van der Waals surface area contributed by atoms with E-state index in [-0.39, 0.29) is 0 Å². The van der Waals surface area contributed by atoms with Gasteiger partial charge in [0.1, 0.15) is 11.0 Å². The lowest BCUT2D eigenvalue weighted by Crippen LogP contribution is -2.46. The number of nitrogens with zero attached hydrogens (tertiary/aromatic N) is 4. The van der Waals surface area contributed by atoms with Gasteiger partial charge in [0.05, 0.1) is 11.6 Å². The summed E-state index contributed by atoms with van der Waals surface area (Å²) in [6.45, 7) is 7.33. The Kier molecular flexibility index (Phi) is 4.40. The molecule has 0 amide bonds. The van der Waals surface area contributed by atoms with Crippen LogP contribution >= 0.6 is 11.6 Å². The summed E-state index contributed by atoms with van der Waals surface area (Å²) in [4.78, 5) is 8.94. The Morgan fingerprint density at radius 1 is 1.33 bits per heavy atom. The Morgan fingerprint density at radius 3 is 2.67 bits per heavy atom. The number of anilines is 1. The Labute approximate surface area is 113 Å². The van der Waals surface area contributed by atoms with Crippen molar-refractivity contribution in [1.29, 1.82) is 5.26 Å². The van der Waals surface area contributed by atoms with Gasteiger partial charge < -0.3 is 4.90 Å². The minimum atomic E-state index is 0.389. The van der Waals surface area contributed by atoms with Crippen LogP contribution in [0.15, 0.2) is 12.1 Å². The summed E-state index contributed by atoms with van der Waals surface area (Å²) in [6.07, 6.45) is 1.19. The molecule has 0 bridgehead atoms. The van der Waals surface area contributed by atoms with E-state index in [1.54, 1.807) is 12.1 Å². The fourth-order valence-corrected chi connectivity index (χ4v) is 2.43. The van der Waals surface area contributed by atoms with E-state index in [9.17, 15) is 0 Å². The van der Waals surface area contributed by atoms with Crippen LogP contribution in [0.5, 0.6) is 0 Å². The van der Waals surface area contributed by atoms with Crippen LogP contribution in [-0.4, -0.2) is 42.6 Å². The van der Waals surface area contributed by atoms with E-state index in [4.69, 9.17) is 16.9 Å². The average Bonchev–Trinajstić information content (AvgIpc) is 2.39. The second kappa shape index (κ2) is 6.03. The van der Waals surface area contributed by atoms with Crippen LogP contribution in [0.4, 0.5) is 5.82 Å². The van der Waals surface area contributed by atoms with Crippen molar-refractivity contribution in [3.63, 3.8) is 0 Å². The summed E-state index contributed by atoms with van der Waals surface area (Å²) in [5, 5.41) is 9.32. The van der Waals surface area contributed by atoms with Crippen molar-refractivity contribution in [3.8, 4) is 6.07 Å². The van der Waals surface area contributed by atoms with Crippen LogP contribution in [0.3, 0.4) is 0 Å². The highest BCUT2D eigenvalue weighted by Gasteiger charge is 2.18. The zero-order valence-electron chi connectivity index (χ0n) is 10.6. The molecule has 2 heterocycles. The van der Waals surface area contributed by atoms with E-state index in [0.717, 1.165) is 38.5 Å². The fraction of sp³-hybridized carbons (Fsp3) is 0.538. The normalized spacial score (nSPS) is 16.6. The summed E-state index contributed by atoms with van der Waals surface area (Å²) >= 11 is 5.93. The molecule has 5 heteroatoms. The average molecular weight is 265 g/mol. The maximum atomic E-state index is 8.93. The first kappa shape index (κ1) is 13.1. The molecule has 4 nitrogen and oxygen atoms in total. The predicted molar refractivity (Wildman–Crippen MR) is 72.9 cm³/mol. The smallest absolute Gasteiger partial charge is 0.132 e. The van der Waals surface area contributed by atoms with Gasteiger partial charge in [-0.15, -0.1) is 0 Å². The van der Waals surface area contributed by atoms with E-state index >= 15 is 0 Å². The SMILES string of the molecule is CCCN1CCN(c2cc(C#N)cc(Cl)n2)CC1. The molecule has 0 saturated carbocycles. The topological polar surface area (TPSA) is 43.2 Å². The van der Waals surface area contributed by atoms with Crippen molar-refractivity contribution in [1.82, 2.24) is 9.88 Å². The molecule has 0 N–H and O–H groups in total. The summed E-state index contributed by atoms with van der Waals surface area (Å²) in [5.74, 6) is 0.815. The molecule has 1 aromatic heterocycles. The highest BCUT2D eigenvalue weighted by atomic mass is 35.5. The zero-order valence-corrected chi connectivity index (χ0v) is 11.3. The van der Waals surface area contributed by atoms with Gasteiger partial charge in [-0.3, -0.25) is 4.90 Å². The van der Waals surface area contributed by atoms with Crippen molar-refractivity contribution in [2.75, 3.05) is 37.6 Å². The van der Waals surface area contributed by atoms with Crippen LogP contribution in [0.25, 0.3) is 0 Å². The van der Waals surface area contributed by atoms with E-state index in [0.29, 0.717) is 10.7 Å². The second-order valence-corrected chi connectivity index (χ2v) is 4.86. The van der Waals surface area contributed by atoms with E-state index in [1.165, 1.54) is 6.42 Å². The number of aromatic nitrogens is 1. The molecular weight excluding hydrogens is 248 g/mol. The molecule has 1 fully saturated rings. The van der Waals surface area contributed by atoms with Gasteiger partial charge in [-0.2, -0.15) is 5.26 Å². The predicted octanol–water partition coefficient (Wildman–Crippen LogP) is 2.14. The molecule has 1 aromatic rings. The minimum Gasteiger partial charge on any atom is -0.354 e. The molecule has 0 aliphatic carbocycles. The van der Waals surface area contributed by atoms with E-state index < -0.39 is 0 Å². The monoisotopic (exact) mass is 264 g/mol. The van der Waals surface area contributed by atoms with Crippen molar-refractivity contribution >= 4 is 17.4 Å². The molecule has 1 saturated heterocycles. The van der Waals surface area contributed by atoms with Crippen molar-refractivity contribution in [3.05, 3.63) is 22.8 Å². The first-order chi connectivity index (χ1) is 8.72. The van der Waals surface area contributed by atoms with Gasteiger partial charge >= 0.3 is 0 Å². The fourth-order valence-electron chi connectivity index (χ4n) is 2.23. The van der Waals surface area contributed by atoms with Gasteiger partial charge in [-0.05, 0) is 25.1 Å². The number of hydrogen-bond acceptors (Lipinski definition) is 4. The van der Waals surface area contributed by atoms with Crippen molar-refractivity contribution in [2.24, 2.45) is 0 Å². The van der Waals surface area contributed by atoms with Gasteiger partial charge in [0.15, 0.2) is 0 Å². The Balaban J connectivity index is 2.05. The number of pyridine rings is 1. The number of rotatable bonds is 3. The molecule has 1 aliphatic rings. The van der Waals surface area contributed by atoms with E-state index in [1.807, 2.05) is 0 Å². The first-order valence-corrected chi connectivity index (χ1v) is 6.65. The van der Waals surface area contributed by atoms with Gasteiger partial charge in [0.2, 0.25) is 0 Å². The summed E-state index contributed by atoms with van der Waals surface area (Å²) in [5.41, 5.74) is 0.570.